The van der Waals surface area contributed by atoms with Gasteiger partial charge in [-0.05, 0) is 66.9 Å². The first-order valence-electron chi connectivity index (χ1n) is 14.3. The third-order valence-corrected chi connectivity index (χ3v) is 8.68. The van der Waals surface area contributed by atoms with Crippen LogP contribution in [0.3, 0.4) is 0 Å². The number of aliphatic hydroxyl groups is 1. The van der Waals surface area contributed by atoms with E-state index in [1.165, 1.54) is 5.56 Å². The molecule has 6 nitrogen and oxygen atoms in total. The Morgan fingerprint density at radius 2 is 1.65 bits per heavy atom. The van der Waals surface area contributed by atoms with Crippen molar-refractivity contribution in [2.45, 2.75) is 37.8 Å². The minimum atomic E-state index is -1.27. The second kappa shape index (κ2) is 14.3. The number of aliphatic hydroxyl groups excluding tert-OH is 1. The highest BCUT2D eigenvalue weighted by Gasteiger charge is 2.53. The molecule has 5 rings (SSSR count). The molecule has 8 heteroatoms. The van der Waals surface area contributed by atoms with Crippen LogP contribution in [0, 0.1) is 6.92 Å². The quantitative estimate of drug-likeness (QED) is 0.154. The monoisotopic (exact) mass is 704 g/mol. The van der Waals surface area contributed by atoms with Crippen molar-refractivity contribution >= 4 is 43.7 Å². The van der Waals surface area contributed by atoms with Crippen molar-refractivity contribution in [3.05, 3.63) is 134 Å². The molecule has 0 fully saturated rings. The number of carbonyl (C=O) groups excluding carboxylic acids is 1. The van der Waals surface area contributed by atoms with Gasteiger partial charge in [-0.25, -0.2) is 4.99 Å². The van der Waals surface area contributed by atoms with Crippen LogP contribution >= 0.6 is 31.9 Å². The molecule has 0 aromatic heterocycles. The van der Waals surface area contributed by atoms with Crippen LogP contribution in [-0.2, 0) is 22.4 Å². The molecule has 2 N–H and O–H groups in total. The molecule has 0 saturated carbocycles. The molecule has 0 bridgehead atoms. The van der Waals surface area contributed by atoms with E-state index >= 15 is 0 Å². The summed E-state index contributed by atoms with van der Waals surface area (Å²) in [6.45, 7) is 3.04. The number of nitrogens with zero attached hydrogens (tertiary/aromatic N) is 1. The fraction of sp³-hybridized carbons (Fsp3) is 0.257. The maximum atomic E-state index is 14.4. The molecular formula is C35H34Br2N2O4. The van der Waals surface area contributed by atoms with Crippen LogP contribution in [-0.4, -0.2) is 42.2 Å². The van der Waals surface area contributed by atoms with Gasteiger partial charge in [0.1, 0.15) is 5.75 Å². The highest BCUT2D eigenvalue weighted by atomic mass is 79.9. The first-order valence-corrected chi connectivity index (χ1v) is 15.9. The molecule has 4 aromatic rings. The lowest BCUT2D eigenvalue weighted by atomic mass is 9.82. The van der Waals surface area contributed by atoms with Gasteiger partial charge in [0.05, 0.1) is 6.61 Å². The predicted molar refractivity (Wildman–Crippen MR) is 177 cm³/mol. The second-order valence-electron chi connectivity index (χ2n) is 10.6. The molecule has 1 amide bonds. The zero-order chi connectivity index (χ0) is 30.2. The van der Waals surface area contributed by atoms with Gasteiger partial charge in [-0.15, -0.1) is 0 Å². The molecule has 1 heterocycles. The molecule has 0 radical (unpaired) electrons. The normalized spacial score (nSPS) is 17.7. The molecule has 2 atom stereocenters. The number of aryl methyl sites for hydroxylation is 1. The van der Waals surface area contributed by atoms with Crippen molar-refractivity contribution in [3.63, 3.8) is 0 Å². The van der Waals surface area contributed by atoms with Gasteiger partial charge in [-0.3, -0.25) is 4.79 Å². The maximum absolute atomic E-state index is 14.4. The van der Waals surface area contributed by atoms with Crippen molar-refractivity contribution < 1.29 is 19.4 Å². The van der Waals surface area contributed by atoms with Gasteiger partial charge < -0.3 is 19.9 Å². The molecule has 0 aliphatic carbocycles. The molecule has 43 heavy (non-hydrogen) atoms. The van der Waals surface area contributed by atoms with E-state index in [1.807, 2.05) is 72.8 Å². The SMILES string of the molecule is Cc1ccc(CCNC(=O)[C@]2(Cc3ccc(Br)cc3)N=C(c3ccc(OCCCO)cc3)O[C@@H]2c2ccccc2Br)cc1. The Labute approximate surface area is 269 Å². The average Bonchev–Trinajstić information content (AvgIpc) is 3.40. The number of benzene rings is 4. The predicted octanol–water partition coefficient (Wildman–Crippen LogP) is 7.14. The van der Waals surface area contributed by atoms with E-state index in [9.17, 15) is 4.79 Å². The first kappa shape index (κ1) is 31.0. The summed E-state index contributed by atoms with van der Waals surface area (Å²) in [5, 5.41) is 12.3. The van der Waals surface area contributed by atoms with Crippen molar-refractivity contribution in [3.8, 4) is 5.75 Å². The van der Waals surface area contributed by atoms with Crippen LogP contribution in [0.15, 0.2) is 111 Å². The average molecular weight is 706 g/mol. The Hall–Kier alpha value is -3.46. The molecule has 0 unspecified atom stereocenters. The van der Waals surface area contributed by atoms with Crippen LogP contribution < -0.4 is 10.1 Å². The third kappa shape index (κ3) is 7.55. The summed E-state index contributed by atoms with van der Waals surface area (Å²) in [4.78, 5) is 19.5. The van der Waals surface area contributed by atoms with Gasteiger partial charge in [-0.2, -0.15) is 0 Å². The Bertz CT molecular complexity index is 1560. The minimum absolute atomic E-state index is 0.0761. The maximum Gasteiger partial charge on any atom is 0.252 e. The van der Waals surface area contributed by atoms with Crippen LogP contribution in [0.5, 0.6) is 5.75 Å². The Morgan fingerprint density at radius 1 is 0.953 bits per heavy atom. The number of hydrogen-bond donors (Lipinski definition) is 2. The smallest absolute Gasteiger partial charge is 0.252 e. The molecule has 4 aromatic carbocycles. The van der Waals surface area contributed by atoms with Crippen molar-refractivity contribution in [1.82, 2.24) is 5.32 Å². The Morgan fingerprint density at radius 3 is 2.35 bits per heavy atom. The summed E-state index contributed by atoms with van der Waals surface area (Å²) < 4.78 is 14.2. The summed E-state index contributed by atoms with van der Waals surface area (Å²) in [6.07, 6.45) is 0.925. The summed E-state index contributed by atoms with van der Waals surface area (Å²) in [7, 11) is 0. The van der Waals surface area contributed by atoms with Gasteiger partial charge in [0, 0.05) is 46.1 Å². The number of nitrogens with one attached hydrogen (secondary N) is 1. The third-order valence-electron chi connectivity index (χ3n) is 7.42. The molecule has 0 spiro atoms. The first-order chi connectivity index (χ1) is 20.9. The summed E-state index contributed by atoms with van der Waals surface area (Å²) in [5.74, 6) is 0.892. The topological polar surface area (TPSA) is 80.2 Å². The van der Waals surface area contributed by atoms with Crippen LogP contribution in [0.1, 0.15) is 40.3 Å². The van der Waals surface area contributed by atoms with E-state index in [4.69, 9.17) is 19.6 Å². The van der Waals surface area contributed by atoms with Gasteiger partial charge in [0.15, 0.2) is 11.6 Å². The molecule has 1 aliphatic rings. The molecule has 222 valence electrons. The number of aliphatic imine (C=N–C) groups is 1. The number of rotatable bonds is 12. The minimum Gasteiger partial charge on any atom is -0.494 e. The summed E-state index contributed by atoms with van der Waals surface area (Å²) in [5.41, 5.74) is 3.65. The van der Waals surface area contributed by atoms with Crippen molar-refractivity contribution in [1.29, 1.82) is 0 Å². The van der Waals surface area contributed by atoms with Crippen LogP contribution in [0.25, 0.3) is 0 Å². The molecule has 0 saturated heterocycles. The summed E-state index contributed by atoms with van der Waals surface area (Å²) >= 11 is 7.23. The molecule has 1 aliphatic heterocycles. The van der Waals surface area contributed by atoms with Gasteiger partial charge in [-0.1, -0.05) is 92.0 Å². The zero-order valence-corrected chi connectivity index (χ0v) is 27.1. The van der Waals surface area contributed by atoms with Crippen LogP contribution in [0.2, 0.25) is 0 Å². The highest BCUT2D eigenvalue weighted by Crippen LogP contribution is 2.44. The van der Waals surface area contributed by atoms with Gasteiger partial charge in [0.25, 0.3) is 5.91 Å². The fourth-order valence-corrected chi connectivity index (χ4v) is 5.85. The number of ether oxygens (including phenoxy) is 2. The van der Waals surface area contributed by atoms with E-state index in [2.05, 4.69) is 68.4 Å². The summed E-state index contributed by atoms with van der Waals surface area (Å²) in [6, 6.07) is 31.6. The largest absolute Gasteiger partial charge is 0.494 e. The fourth-order valence-electron chi connectivity index (χ4n) is 5.09. The number of amides is 1. The van der Waals surface area contributed by atoms with E-state index in [0.29, 0.717) is 44.1 Å². The Kier molecular flexibility index (Phi) is 10.3. The zero-order valence-electron chi connectivity index (χ0n) is 23.9. The van der Waals surface area contributed by atoms with E-state index in [-0.39, 0.29) is 12.5 Å². The second-order valence-corrected chi connectivity index (χ2v) is 12.4. The molecular weight excluding hydrogens is 672 g/mol. The van der Waals surface area contributed by atoms with Crippen LogP contribution in [0.4, 0.5) is 0 Å². The highest BCUT2D eigenvalue weighted by molar-refractivity contribution is 9.10. The van der Waals surface area contributed by atoms with E-state index in [1.54, 1.807) is 0 Å². The standard InChI is InChI=1S/C35H34Br2N2O4/c1-24-7-9-25(10-8-24)19-20-38-34(41)35(23-26-11-15-28(36)16-12-26)32(30-5-2-3-6-31(30)37)43-33(39-35)27-13-17-29(18-14-27)42-22-4-21-40/h2-3,5-18,32,40H,4,19-23H2,1H3,(H,38,41)/t32-,35-/m1/s1. The number of halogens is 2. The lowest BCUT2D eigenvalue weighted by Gasteiger charge is -2.31. The Balaban J connectivity index is 1.51. The van der Waals surface area contributed by atoms with Crippen molar-refractivity contribution in [2.75, 3.05) is 19.8 Å². The number of hydrogen-bond acceptors (Lipinski definition) is 5. The lowest BCUT2D eigenvalue weighted by molar-refractivity contribution is -0.128. The van der Waals surface area contributed by atoms with Gasteiger partial charge >= 0.3 is 0 Å². The lowest BCUT2D eigenvalue weighted by Crippen LogP contribution is -2.50. The van der Waals surface area contributed by atoms with Gasteiger partial charge in [0.2, 0.25) is 5.90 Å². The van der Waals surface area contributed by atoms with E-state index < -0.39 is 11.6 Å². The number of carbonyl (C=O) groups is 1. The van der Waals surface area contributed by atoms with E-state index in [0.717, 1.165) is 31.2 Å². The van der Waals surface area contributed by atoms with Crippen molar-refractivity contribution in [2.24, 2.45) is 4.99 Å².